The van der Waals surface area contributed by atoms with Crippen molar-refractivity contribution in [3.63, 3.8) is 0 Å². The number of rotatable bonds is 2. The van der Waals surface area contributed by atoms with E-state index in [-0.39, 0.29) is 0 Å². The minimum Gasteiger partial charge on any atom is -0.306 e. The molecule has 0 atom stereocenters. The van der Waals surface area contributed by atoms with Gasteiger partial charge in [0.15, 0.2) is 0 Å². The van der Waals surface area contributed by atoms with Crippen LogP contribution in [0.4, 0.5) is 0 Å². The highest BCUT2D eigenvalue weighted by molar-refractivity contribution is 4.93. The number of nitrogens with zero attached hydrogens (tertiary/aromatic N) is 1. The fraction of sp³-hybridized carbons (Fsp3) is 0.778. The summed E-state index contributed by atoms with van der Waals surface area (Å²) in [5.74, 6) is 0. The highest BCUT2D eigenvalue weighted by atomic mass is 15.0. The molecule has 0 aliphatic rings. The third-order valence-electron chi connectivity index (χ3n) is 1.09. The molecule has 0 aromatic carbocycles. The second-order valence-corrected chi connectivity index (χ2v) is 4.03. The second kappa shape index (κ2) is 3.77. The Morgan fingerprint density at radius 3 is 2.00 bits per heavy atom. The molecule has 0 aromatic heterocycles. The summed E-state index contributed by atoms with van der Waals surface area (Å²) in [6.07, 6.45) is 4.45. The summed E-state index contributed by atoms with van der Waals surface area (Å²) in [4.78, 5) is 2.15. The first-order valence-corrected chi connectivity index (χ1v) is 3.74. The third kappa shape index (κ3) is 7.70. The van der Waals surface area contributed by atoms with Crippen molar-refractivity contribution in [1.29, 1.82) is 0 Å². The molecule has 0 fully saturated rings. The topological polar surface area (TPSA) is 3.24 Å². The van der Waals surface area contributed by atoms with Crippen molar-refractivity contribution in [3.8, 4) is 0 Å². The molecule has 0 amide bonds. The van der Waals surface area contributed by atoms with Crippen LogP contribution in [0.1, 0.15) is 20.8 Å². The summed E-state index contributed by atoms with van der Waals surface area (Å²) in [5.41, 5.74) is 0.329. The zero-order valence-electron chi connectivity index (χ0n) is 7.81. The van der Waals surface area contributed by atoms with Gasteiger partial charge in [0.25, 0.3) is 0 Å². The summed E-state index contributed by atoms with van der Waals surface area (Å²) in [6, 6.07) is 0. The summed E-state index contributed by atoms with van der Waals surface area (Å²) in [7, 11) is 4.15. The van der Waals surface area contributed by atoms with Gasteiger partial charge >= 0.3 is 0 Å². The Bertz CT molecular complexity index is 106. The number of hydrogen-bond donors (Lipinski definition) is 0. The van der Waals surface area contributed by atoms with Crippen LogP contribution in [0.2, 0.25) is 0 Å². The van der Waals surface area contributed by atoms with Crippen LogP contribution < -0.4 is 0 Å². The molecule has 60 valence electrons. The average Bonchev–Trinajstić information content (AvgIpc) is 1.59. The van der Waals surface area contributed by atoms with Gasteiger partial charge in [0.1, 0.15) is 0 Å². The Morgan fingerprint density at radius 1 is 1.20 bits per heavy atom. The lowest BCUT2D eigenvalue weighted by molar-refractivity contribution is 0.451. The van der Waals surface area contributed by atoms with Crippen LogP contribution >= 0.6 is 0 Å². The van der Waals surface area contributed by atoms with Crippen LogP contribution in [0, 0.1) is 5.41 Å². The van der Waals surface area contributed by atoms with Crippen LogP contribution in [-0.2, 0) is 0 Å². The zero-order chi connectivity index (χ0) is 8.20. The van der Waals surface area contributed by atoms with E-state index in [4.69, 9.17) is 0 Å². The molecule has 0 rings (SSSR count). The molecule has 0 N–H and O–H groups in total. The van der Waals surface area contributed by atoms with Gasteiger partial charge in [-0.05, 0) is 19.5 Å². The maximum absolute atomic E-state index is 2.24. The maximum Gasteiger partial charge on any atom is 0.0157 e. The molecule has 0 saturated carbocycles. The Hall–Kier alpha value is -0.300. The molecule has 1 heteroatoms. The van der Waals surface area contributed by atoms with Crippen molar-refractivity contribution in [2.75, 3.05) is 20.6 Å². The fourth-order valence-electron chi connectivity index (χ4n) is 0.617. The number of likely N-dealkylation sites (N-methyl/N-ethyl adjacent to an activating group) is 1. The van der Waals surface area contributed by atoms with Crippen LogP contribution in [0.15, 0.2) is 12.2 Å². The lowest BCUT2D eigenvalue weighted by Gasteiger charge is -2.12. The lowest BCUT2D eigenvalue weighted by atomic mass is 9.96. The SMILES string of the molecule is CN(C)C/C=C\C(C)(C)C. The molecule has 0 spiro atoms. The maximum atomic E-state index is 2.24. The molecular weight excluding hydrogens is 122 g/mol. The van der Waals surface area contributed by atoms with Crippen LogP contribution in [0.5, 0.6) is 0 Å². The van der Waals surface area contributed by atoms with E-state index in [0.717, 1.165) is 6.54 Å². The first kappa shape index (κ1) is 9.70. The molecular formula is C9H19N. The largest absolute Gasteiger partial charge is 0.306 e. The summed E-state index contributed by atoms with van der Waals surface area (Å²) in [6.45, 7) is 7.66. The van der Waals surface area contributed by atoms with Gasteiger partial charge in [-0.25, -0.2) is 0 Å². The standard InChI is InChI=1S/C9H19N/c1-9(2,3)7-6-8-10(4)5/h6-7H,8H2,1-5H3/b7-6-. The molecule has 10 heavy (non-hydrogen) atoms. The molecule has 0 bridgehead atoms. The van der Waals surface area contributed by atoms with Gasteiger partial charge in [-0.3, -0.25) is 0 Å². The van der Waals surface area contributed by atoms with Gasteiger partial charge in [-0.1, -0.05) is 32.9 Å². The third-order valence-corrected chi connectivity index (χ3v) is 1.09. The molecule has 0 radical (unpaired) electrons. The predicted octanol–water partition coefficient (Wildman–Crippen LogP) is 2.15. The minimum atomic E-state index is 0.329. The highest BCUT2D eigenvalue weighted by Gasteiger charge is 2.02. The van der Waals surface area contributed by atoms with Crippen molar-refractivity contribution in [3.05, 3.63) is 12.2 Å². The second-order valence-electron chi connectivity index (χ2n) is 4.03. The van der Waals surface area contributed by atoms with Gasteiger partial charge in [0.2, 0.25) is 0 Å². The fourth-order valence-corrected chi connectivity index (χ4v) is 0.617. The Kier molecular flexibility index (Phi) is 3.66. The van der Waals surface area contributed by atoms with Crippen molar-refractivity contribution in [1.82, 2.24) is 4.90 Å². The van der Waals surface area contributed by atoms with Gasteiger partial charge in [-0.2, -0.15) is 0 Å². The van der Waals surface area contributed by atoms with Crippen molar-refractivity contribution < 1.29 is 0 Å². The van der Waals surface area contributed by atoms with Gasteiger partial charge in [0, 0.05) is 6.54 Å². The Balaban J connectivity index is 3.57. The molecule has 0 aliphatic heterocycles. The summed E-state index contributed by atoms with van der Waals surface area (Å²) >= 11 is 0. The molecule has 0 aromatic rings. The van der Waals surface area contributed by atoms with E-state index in [9.17, 15) is 0 Å². The van der Waals surface area contributed by atoms with Gasteiger partial charge < -0.3 is 4.90 Å². The van der Waals surface area contributed by atoms with E-state index < -0.39 is 0 Å². The number of hydrogen-bond acceptors (Lipinski definition) is 1. The summed E-state index contributed by atoms with van der Waals surface area (Å²) in [5, 5.41) is 0. The van der Waals surface area contributed by atoms with E-state index in [1.54, 1.807) is 0 Å². The monoisotopic (exact) mass is 141 g/mol. The molecule has 0 saturated heterocycles. The van der Waals surface area contributed by atoms with Crippen LogP contribution in [0.3, 0.4) is 0 Å². The van der Waals surface area contributed by atoms with Crippen molar-refractivity contribution >= 4 is 0 Å². The van der Waals surface area contributed by atoms with Crippen LogP contribution in [0.25, 0.3) is 0 Å². The highest BCUT2D eigenvalue weighted by Crippen LogP contribution is 2.13. The first-order chi connectivity index (χ1) is 4.42. The smallest absolute Gasteiger partial charge is 0.0157 e. The Labute approximate surface area is 64.7 Å². The van der Waals surface area contributed by atoms with Crippen molar-refractivity contribution in [2.45, 2.75) is 20.8 Å². The van der Waals surface area contributed by atoms with E-state index in [2.05, 4.69) is 51.9 Å². The molecule has 0 heterocycles. The quantitative estimate of drug-likeness (QED) is 0.533. The predicted molar refractivity (Wildman–Crippen MR) is 47.1 cm³/mol. The van der Waals surface area contributed by atoms with Crippen LogP contribution in [-0.4, -0.2) is 25.5 Å². The molecule has 0 aliphatic carbocycles. The lowest BCUT2D eigenvalue weighted by Crippen LogP contribution is -2.11. The number of allylic oxidation sites excluding steroid dienone is 1. The summed E-state index contributed by atoms with van der Waals surface area (Å²) < 4.78 is 0. The van der Waals surface area contributed by atoms with Gasteiger partial charge in [-0.15, -0.1) is 0 Å². The Morgan fingerprint density at radius 2 is 1.70 bits per heavy atom. The minimum absolute atomic E-state index is 0.329. The van der Waals surface area contributed by atoms with E-state index in [1.807, 2.05) is 0 Å². The molecule has 1 nitrogen and oxygen atoms in total. The van der Waals surface area contributed by atoms with E-state index >= 15 is 0 Å². The molecule has 0 unspecified atom stereocenters. The average molecular weight is 141 g/mol. The normalized spacial score (nSPS) is 13.4. The van der Waals surface area contributed by atoms with E-state index in [1.165, 1.54) is 0 Å². The first-order valence-electron chi connectivity index (χ1n) is 3.74. The zero-order valence-corrected chi connectivity index (χ0v) is 7.81. The van der Waals surface area contributed by atoms with Crippen molar-refractivity contribution in [2.24, 2.45) is 5.41 Å². The van der Waals surface area contributed by atoms with E-state index in [0.29, 0.717) is 5.41 Å². The van der Waals surface area contributed by atoms with Gasteiger partial charge in [0.05, 0.1) is 0 Å².